The summed E-state index contributed by atoms with van der Waals surface area (Å²) in [4.78, 5) is 10.3. The molecule has 0 saturated carbocycles. The van der Waals surface area contributed by atoms with Crippen LogP contribution >= 0.6 is 0 Å². The van der Waals surface area contributed by atoms with E-state index in [1.165, 1.54) is 5.56 Å². The maximum absolute atomic E-state index is 4.13. The summed E-state index contributed by atoms with van der Waals surface area (Å²) in [5.74, 6) is 0. The lowest BCUT2D eigenvalue weighted by atomic mass is 10.2. The van der Waals surface area contributed by atoms with Gasteiger partial charge in [0.1, 0.15) is 0 Å². The highest BCUT2D eigenvalue weighted by Gasteiger charge is 2.05. The van der Waals surface area contributed by atoms with Crippen molar-refractivity contribution in [2.24, 2.45) is 0 Å². The normalized spacial score (nSPS) is 10.0. The number of rotatable bonds is 2. The zero-order valence-corrected chi connectivity index (χ0v) is 8.88. The van der Waals surface area contributed by atoms with Crippen LogP contribution in [0.1, 0.15) is 5.56 Å². The van der Waals surface area contributed by atoms with Crippen LogP contribution in [0.3, 0.4) is 0 Å². The minimum atomic E-state index is 1.06. The van der Waals surface area contributed by atoms with Crippen molar-refractivity contribution < 1.29 is 0 Å². The monoisotopic (exact) mass is 199 g/mol. The van der Waals surface area contributed by atoms with Crippen LogP contribution < -0.4 is 4.90 Å². The summed E-state index contributed by atoms with van der Waals surface area (Å²) in [6.07, 6.45) is 7.28. The van der Waals surface area contributed by atoms with Crippen LogP contribution in [0.25, 0.3) is 0 Å². The number of nitrogens with zero attached hydrogens (tertiary/aromatic N) is 3. The molecule has 0 aliphatic carbocycles. The van der Waals surface area contributed by atoms with E-state index < -0.39 is 0 Å². The van der Waals surface area contributed by atoms with Crippen LogP contribution in [0.15, 0.2) is 43.0 Å². The molecule has 0 saturated heterocycles. The third kappa shape index (κ3) is 1.96. The molecule has 0 atom stereocenters. The summed E-state index contributed by atoms with van der Waals surface area (Å²) in [5.41, 5.74) is 3.37. The molecule has 0 amide bonds. The van der Waals surface area contributed by atoms with Crippen LogP contribution in [0.5, 0.6) is 0 Å². The van der Waals surface area contributed by atoms with Crippen molar-refractivity contribution in [3.63, 3.8) is 0 Å². The SMILES string of the molecule is Cc1ccncc1N(C)c1cccnc1. The standard InChI is InChI=1S/C12H13N3/c1-10-5-7-14-9-12(10)15(2)11-4-3-6-13-8-11/h3-9H,1-2H3. The number of aromatic nitrogens is 2. The van der Waals surface area contributed by atoms with E-state index >= 15 is 0 Å². The number of pyridine rings is 2. The Balaban J connectivity index is 2.37. The second kappa shape index (κ2) is 4.09. The Morgan fingerprint density at radius 1 is 1.07 bits per heavy atom. The summed E-state index contributed by atoms with van der Waals surface area (Å²) in [6.45, 7) is 2.07. The molecule has 2 aromatic heterocycles. The van der Waals surface area contributed by atoms with Gasteiger partial charge in [-0.3, -0.25) is 9.97 Å². The smallest absolute Gasteiger partial charge is 0.0624 e. The maximum atomic E-state index is 4.13. The van der Waals surface area contributed by atoms with Crippen molar-refractivity contribution in [2.45, 2.75) is 6.92 Å². The second-order valence-corrected chi connectivity index (χ2v) is 3.43. The second-order valence-electron chi connectivity index (χ2n) is 3.43. The molecule has 3 heteroatoms. The topological polar surface area (TPSA) is 29.0 Å². The molecule has 0 bridgehead atoms. The molecule has 0 aromatic carbocycles. The molecular weight excluding hydrogens is 186 g/mol. The number of hydrogen-bond donors (Lipinski definition) is 0. The van der Waals surface area contributed by atoms with Crippen LogP contribution in [-0.2, 0) is 0 Å². The van der Waals surface area contributed by atoms with Gasteiger partial charge in [0.15, 0.2) is 0 Å². The van der Waals surface area contributed by atoms with Crippen LogP contribution in [-0.4, -0.2) is 17.0 Å². The summed E-state index contributed by atoms with van der Waals surface area (Å²) >= 11 is 0. The maximum Gasteiger partial charge on any atom is 0.0624 e. The van der Waals surface area contributed by atoms with E-state index in [0.29, 0.717) is 0 Å². The molecule has 2 rings (SSSR count). The summed E-state index contributed by atoms with van der Waals surface area (Å²) in [6, 6.07) is 5.96. The Morgan fingerprint density at radius 3 is 2.53 bits per heavy atom. The summed E-state index contributed by atoms with van der Waals surface area (Å²) in [7, 11) is 2.01. The predicted molar refractivity (Wildman–Crippen MR) is 61.3 cm³/mol. The Kier molecular flexibility index (Phi) is 2.63. The van der Waals surface area contributed by atoms with Crippen molar-refractivity contribution in [3.8, 4) is 0 Å². The van der Waals surface area contributed by atoms with Crippen molar-refractivity contribution in [1.82, 2.24) is 9.97 Å². The molecule has 0 N–H and O–H groups in total. The average Bonchev–Trinajstić information content (AvgIpc) is 2.30. The van der Waals surface area contributed by atoms with E-state index in [2.05, 4.69) is 21.8 Å². The van der Waals surface area contributed by atoms with Gasteiger partial charge in [0.25, 0.3) is 0 Å². The lowest BCUT2D eigenvalue weighted by Gasteiger charge is -2.20. The first kappa shape index (κ1) is 9.65. The van der Waals surface area contributed by atoms with Gasteiger partial charge in [0, 0.05) is 19.4 Å². The van der Waals surface area contributed by atoms with E-state index in [-0.39, 0.29) is 0 Å². The quantitative estimate of drug-likeness (QED) is 0.744. The van der Waals surface area contributed by atoms with E-state index in [1.807, 2.05) is 37.6 Å². The average molecular weight is 199 g/mol. The van der Waals surface area contributed by atoms with Crippen molar-refractivity contribution >= 4 is 11.4 Å². The Bertz CT molecular complexity index is 440. The van der Waals surface area contributed by atoms with Crippen molar-refractivity contribution in [3.05, 3.63) is 48.5 Å². The van der Waals surface area contributed by atoms with E-state index in [9.17, 15) is 0 Å². The first-order valence-electron chi connectivity index (χ1n) is 4.83. The molecular formula is C12H13N3. The molecule has 2 heterocycles. The molecule has 0 spiro atoms. The van der Waals surface area contributed by atoms with Crippen molar-refractivity contribution in [2.75, 3.05) is 11.9 Å². The fraction of sp³-hybridized carbons (Fsp3) is 0.167. The van der Waals surface area contributed by atoms with Crippen LogP contribution in [0.2, 0.25) is 0 Å². The molecule has 3 nitrogen and oxygen atoms in total. The highest BCUT2D eigenvalue weighted by Crippen LogP contribution is 2.24. The van der Waals surface area contributed by atoms with Gasteiger partial charge in [-0.1, -0.05) is 0 Å². The molecule has 15 heavy (non-hydrogen) atoms. The number of hydrogen-bond acceptors (Lipinski definition) is 3. The zero-order chi connectivity index (χ0) is 10.7. The fourth-order valence-corrected chi connectivity index (χ4v) is 1.50. The van der Waals surface area contributed by atoms with Gasteiger partial charge in [0.05, 0.1) is 23.8 Å². The van der Waals surface area contributed by atoms with Gasteiger partial charge in [-0.25, -0.2) is 0 Å². The molecule has 0 aliphatic heterocycles. The molecule has 2 aromatic rings. The van der Waals surface area contributed by atoms with E-state index in [4.69, 9.17) is 0 Å². The Hall–Kier alpha value is -1.90. The van der Waals surface area contributed by atoms with Gasteiger partial charge >= 0.3 is 0 Å². The Labute approximate surface area is 89.4 Å². The van der Waals surface area contributed by atoms with E-state index in [0.717, 1.165) is 11.4 Å². The van der Waals surface area contributed by atoms with E-state index in [1.54, 1.807) is 12.4 Å². The summed E-state index contributed by atoms with van der Waals surface area (Å²) < 4.78 is 0. The van der Waals surface area contributed by atoms with Gasteiger partial charge < -0.3 is 4.90 Å². The number of anilines is 2. The third-order valence-corrected chi connectivity index (χ3v) is 2.41. The van der Waals surface area contributed by atoms with Crippen LogP contribution in [0, 0.1) is 6.92 Å². The highest BCUT2D eigenvalue weighted by molar-refractivity contribution is 5.63. The van der Waals surface area contributed by atoms with Gasteiger partial charge in [-0.15, -0.1) is 0 Å². The number of aryl methyl sites for hydroxylation is 1. The third-order valence-electron chi connectivity index (χ3n) is 2.41. The highest BCUT2D eigenvalue weighted by atomic mass is 15.1. The van der Waals surface area contributed by atoms with Gasteiger partial charge in [0.2, 0.25) is 0 Å². The van der Waals surface area contributed by atoms with Crippen LogP contribution in [0.4, 0.5) is 11.4 Å². The molecule has 0 unspecified atom stereocenters. The fourth-order valence-electron chi connectivity index (χ4n) is 1.50. The Morgan fingerprint density at radius 2 is 1.87 bits per heavy atom. The molecule has 0 radical (unpaired) electrons. The lowest BCUT2D eigenvalue weighted by Crippen LogP contribution is -2.11. The lowest BCUT2D eigenvalue weighted by molar-refractivity contribution is 1.13. The van der Waals surface area contributed by atoms with Gasteiger partial charge in [-0.2, -0.15) is 0 Å². The minimum absolute atomic E-state index is 1.06. The minimum Gasteiger partial charge on any atom is -0.342 e. The zero-order valence-electron chi connectivity index (χ0n) is 8.88. The molecule has 76 valence electrons. The van der Waals surface area contributed by atoms with Crippen molar-refractivity contribution in [1.29, 1.82) is 0 Å². The predicted octanol–water partition coefficient (Wildman–Crippen LogP) is 2.55. The molecule has 0 aliphatic rings. The first-order valence-corrected chi connectivity index (χ1v) is 4.83. The first-order chi connectivity index (χ1) is 7.29. The van der Waals surface area contributed by atoms with Gasteiger partial charge in [-0.05, 0) is 30.7 Å². The summed E-state index contributed by atoms with van der Waals surface area (Å²) in [5, 5.41) is 0. The largest absolute Gasteiger partial charge is 0.342 e. The molecule has 0 fully saturated rings.